The maximum absolute atomic E-state index is 12.5. The molecule has 0 atom stereocenters. The first-order chi connectivity index (χ1) is 16.5. The zero-order valence-corrected chi connectivity index (χ0v) is 21.5. The van der Waals surface area contributed by atoms with Gasteiger partial charge in [0.1, 0.15) is 0 Å². The zero-order chi connectivity index (χ0) is 24.1. The first kappa shape index (κ1) is 24.1. The van der Waals surface area contributed by atoms with Crippen molar-refractivity contribution in [3.63, 3.8) is 0 Å². The van der Waals surface area contributed by atoms with Crippen LogP contribution in [0.25, 0.3) is 5.69 Å². The van der Waals surface area contributed by atoms with E-state index in [-0.39, 0.29) is 5.91 Å². The molecule has 0 radical (unpaired) electrons. The van der Waals surface area contributed by atoms with Crippen molar-refractivity contribution in [3.05, 3.63) is 70.2 Å². The molecule has 0 N–H and O–H groups in total. The number of unbranched alkanes of at least 4 members (excludes halogenated alkanes) is 1. The maximum atomic E-state index is 12.5. The molecule has 9 heteroatoms. The van der Waals surface area contributed by atoms with Crippen LogP contribution in [-0.4, -0.2) is 31.1 Å². The van der Waals surface area contributed by atoms with E-state index in [0.717, 1.165) is 34.6 Å². The topological polar surface area (TPSA) is 76.8 Å². The van der Waals surface area contributed by atoms with Gasteiger partial charge in [0, 0.05) is 18.1 Å². The minimum absolute atomic E-state index is 0.0631. The number of rotatable bonds is 9. The number of aryl methyl sites for hydroxylation is 3. The van der Waals surface area contributed by atoms with Gasteiger partial charge in [0.05, 0.1) is 17.1 Å². The van der Waals surface area contributed by atoms with Gasteiger partial charge in [-0.05, 0) is 66.4 Å². The van der Waals surface area contributed by atoms with Crippen molar-refractivity contribution in [3.8, 4) is 5.69 Å². The Bertz CT molecular complexity index is 1260. The molecular weight excluding hydrogens is 464 g/mol. The lowest BCUT2D eigenvalue weighted by Crippen LogP contribution is -2.23. The average molecular weight is 493 g/mol. The Balaban J connectivity index is 1.47. The molecule has 0 aliphatic carbocycles. The number of amides is 1. The first-order valence-electron chi connectivity index (χ1n) is 11.3. The quantitative estimate of drug-likeness (QED) is 0.265. The number of thioether (sulfide) groups is 1. The summed E-state index contributed by atoms with van der Waals surface area (Å²) in [7, 11) is 0. The largest absolute Gasteiger partial charge is 0.274 e. The van der Waals surface area contributed by atoms with Crippen molar-refractivity contribution in [1.29, 1.82) is 0 Å². The van der Waals surface area contributed by atoms with Gasteiger partial charge in [-0.15, -0.1) is 16.4 Å². The van der Waals surface area contributed by atoms with Gasteiger partial charge in [-0.25, -0.2) is 4.98 Å². The van der Waals surface area contributed by atoms with Crippen LogP contribution in [0, 0.1) is 13.8 Å². The number of nitrogens with zero attached hydrogens (tertiary/aromatic N) is 6. The molecule has 0 aliphatic heterocycles. The van der Waals surface area contributed by atoms with E-state index in [1.807, 2.05) is 31.4 Å². The minimum atomic E-state index is -0.0631. The summed E-state index contributed by atoms with van der Waals surface area (Å²) >= 11 is 2.98. The summed E-state index contributed by atoms with van der Waals surface area (Å²) in [5, 5.41) is 15.6. The van der Waals surface area contributed by atoms with Crippen molar-refractivity contribution >= 4 is 39.8 Å². The third-order valence-electron chi connectivity index (χ3n) is 5.43. The molecule has 176 valence electrons. The number of aromatic nitrogens is 5. The summed E-state index contributed by atoms with van der Waals surface area (Å²) in [6.45, 7) is 7.82. The lowest BCUT2D eigenvalue weighted by atomic mass is 10.1. The number of carbonyl (C=O) groups is 1. The highest BCUT2D eigenvalue weighted by Crippen LogP contribution is 2.33. The first-order valence-corrected chi connectivity index (χ1v) is 13.2. The number of carbonyl (C=O) groups excluding carboxylic acids is 1. The molecule has 0 fully saturated rings. The number of anilines is 2. The highest BCUT2D eigenvalue weighted by Gasteiger charge is 2.20. The lowest BCUT2D eigenvalue weighted by Gasteiger charge is -2.20. The monoisotopic (exact) mass is 492 g/mol. The third kappa shape index (κ3) is 5.53. The van der Waals surface area contributed by atoms with Crippen molar-refractivity contribution in [2.75, 3.05) is 4.90 Å². The van der Waals surface area contributed by atoms with E-state index in [4.69, 9.17) is 4.98 Å². The van der Waals surface area contributed by atoms with Crippen molar-refractivity contribution in [1.82, 2.24) is 25.2 Å². The molecule has 2 aromatic carbocycles. The normalized spacial score (nSPS) is 11.1. The Hall–Kier alpha value is -3.04. The molecule has 0 unspecified atom stereocenters. The second-order valence-corrected chi connectivity index (χ2v) is 9.98. The fourth-order valence-electron chi connectivity index (χ4n) is 3.68. The molecule has 0 bridgehead atoms. The predicted molar refractivity (Wildman–Crippen MR) is 138 cm³/mol. The maximum Gasteiger partial charge on any atom is 0.230 e. The second kappa shape index (κ2) is 10.9. The van der Waals surface area contributed by atoms with Crippen LogP contribution in [0.15, 0.2) is 53.0 Å². The van der Waals surface area contributed by atoms with Gasteiger partial charge in [-0.2, -0.15) is 4.68 Å². The van der Waals surface area contributed by atoms with Crippen LogP contribution in [0.5, 0.6) is 0 Å². The smallest absolute Gasteiger partial charge is 0.230 e. The van der Waals surface area contributed by atoms with Crippen LogP contribution in [0.4, 0.5) is 10.8 Å². The van der Waals surface area contributed by atoms with Gasteiger partial charge in [0.25, 0.3) is 0 Å². The molecule has 0 spiro atoms. The van der Waals surface area contributed by atoms with E-state index in [2.05, 4.69) is 52.8 Å². The van der Waals surface area contributed by atoms with E-state index in [1.165, 1.54) is 41.5 Å². The molecule has 2 heterocycles. The zero-order valence-electron chi connectivity index (χ0n) is 19.9. The van der Waals surface area contributed by atoms with Gasteiger partial charge >= 0.3 is 0 Å². The fraction of sp³-hybridized carbons (Fsp3) is 0.320. The average Bonchev–Trinajstić information content (AvgIpc) is 3.48. The Morgan fingerprint density at radius 2 is 1.94 bits per heavy atom. The van der Waals surface area contributed by atoms with E-state index in [9.17, 15) is 4.79 Å². The molecular formula is C25H28N6OS2. The second-order valence-electron chi connectivity index (χ2n) is 8.20. The summed E-state index contributed by atoms with van der Waals surface area (Å²) in [5.74, 6) is 0.538. The number of thiazole rings is 1. The van der Waals surface area contributed by atoms with Crippen LogP contribution in [0.2, 0.25) is 0 Å². The van der Waals surface area contributed by atoms with Gasteiger partial charge in [-0.1, -0.05) is 54.9 Å². The summed E-state index contributed by atoms with van der Waals surface area (Å²) in [5.41, 5.74) is 6.20. The van der Waals surface area contributed by atoms with Crippen molar-refractivity contribution < 1.29 is 4.79 Å². The van der Waals surface area contributed by atoms with Gasteiger partial charge in [0.2, 0.25) is 11.1 Å². The highest BCUT2D eigenvalue weighted by atomic mass is 32.2. The van der Waals surface area contributed by atoms with Crippen LogP contribution < -0.4 is 4.90 Å². The molecule has 4 aromatic rings. The third-order valence-corrected chi connectivity index (χ3v) is 7.26. The Morgan fingerprint density at radius 1 is 1.15 bits per heavy atom. The molecule has 7 nitrogen and oxygen atoms in total. The van der Waals surface area contributed by atoms with E-state index < -0.39 is 0 Å². The van der Waals surface area contributed by atoms with E-state index >= 15 is 0 Å². The van der Waals surface area contributed by atoms with Crippen molar-refractivity contribution in [2.24, 2.45) is 0 Å². The molecule has 0 aliphatic rings. The number of hydrogen-bond acceptors (Lipinski definition) is 7. The van der Waals surface area contributed by atoms with E-state index in [1.54, 1.807) is 16.5 Å². The molecule has 2 aromatic heterocycles. The molecule has 1 amide bonds. The summed E-state index contributed by atoms with van der Waals surface area (Å²) < 4.78 is 1.75. The van der Waals surface area contributed by atoms with Gasteiger partial charge in [-0.3, -0.25) is 9.69 Å². The van der Waals surface area contributed by atoms with Gasteiger partial charge < -0.3 is 0 Å². The highest BCUT2D eigenvalue weighted by molar-refractivity contribution is 7.98. The molecule has 34 heavy (non-hydrogen) atoms. The van der Waals surface area contributed by atoms with Crippen LogP contribution in [0.1, 0.15) is 49.1 Å². The fourth-order valence-corrected chi connectivity index (χ4v) is 5.45. The molecule has 4 rings (SSSR count). The molecule has 0 saturated carbocycles. The van der Waals surface area contributed by atoms with Crippen LogP contribution in [0.3, 0.4) is 0 Å². The minimum Gasteiger partial charge on any atom is -0.274 e. The SMILES string of the molecule is CCCCc1ccc(-n2nnnc2SCc2csc(N(C(C)=O)c3ccc(C)cc3C)n2)cc1. The van der Waals surface area contributed by atoms with E-state index in [0.29, 0.717) is 16.0 Å². The Kier molecular flexibility index (Phi) is 7.74. The Labute approximate surface area is 208 Å². The standard InChI is InChI=1S/C25H28N6OS2/c1-5-6-7-20-9-11-22(12-10-20)31-25(27-28-29-31)34-16-21-15-33-24(26-21)30(19(4)32)23-13-8-17(2)14-18(23)3/h8-15H,5-7,16H2,1-4H3. The summed E-state index contributed by atoms with van der Waals surface area (Å²) in [6, 6.07) is 14.4. The Morgan fingerprint density at radius 3 is 2.65 bits per heavy atom. The molecule has 0 saturated heterocycles. The van der Waals surface area contributed by atoms with Crippen LogP contribution >= 0.6 is 23.1 Å². The predicted octanol–water partition coefficient (Wildman–Crippen LogP) is 6.06. The van der Waals surface area contributed by atoms with Crippen molar-refractivity contribution in [2.45, 2.75) is 57.9 Å². The number of benzene rings is 2. The van der Waals surface area contributed by atoms with Gasteiger partial charge in [0.15, 0.2) is 5.13 Å². The summed E-state index contributed by atoms with van der Waals surface area (Å²) in [4.78, 5) is 18.9. The number of tetrazole rings is 1. The van der Waals surface area contributed by atoms with Crippen LogP contribution in [-0.2, 0) is 17.0 Å². The number of hydrogen-bond donors (Lipinski definition) is 0. The summed E-state index contributed by atoms with van der Waals surface area (Å²) in [6.07, 6.45) is 3.45. The lowest BCUT2D eigenvalue weighted by molar-refractivity contribution is -0.115.